The Morgan fingerprint density at radius 2 is 1.62 bits per heavy atom. The summed E-state index contributed by atoms with van der Waals surface area (Å²) in [4.78, 5) is 15.7. The van der Waals surface area contributed by atoms with Crippen molar-refractivity contribution in [3.8, 4) is 28.9 Å². The Labute approximate surface area is 195 Å². The van der Waals surface area contributed by atoms with E-state index in [0.717, 1.165) is 11.3 Å². The first-order valence-electron chi connectivity index (χ1n) is 10.8. The number of nitrogens with two attached hydrogens (primary N) is 1. The highest BCUT2D eigenvalue weighted by Gasteiger charge is 2.60. The van der Waals surface area contributed by atoms with E-state index >= 15 is 0 Å². The van der Waals surface area contributed by atoms with E-state index in [4.69, 9.17) is 15.6 Å². The van der Waals surface area contributed by atoms with Crippen molar-refractivity contribution in [2.75, 3.05) is 11.9 Å². The molecule has 0 bridgehead atoms. The molecule has 3 aromatic carbocycles. The molecule has 2 aliphatic heterocycles. The van der Waals surface area contributed by atoms with Gasteiger partial charge in [0.05, 0.1) is 11.3 Å². The maximum absolute atomic E-state index is 14.1. The fourth-order valence-corrected chi connectivity index (χ4v) is 5.02. The fourth-order valence-electron chi connectivity index (χ4n) is 5.02. The van der Waals surface area contributed by atoms with Crippen LogP contribution in [0.25, 0.3) is 16.9 Å². The Morgan fingerprint density at radius 3 is 2.32 bits per heavy atom. The summed E-state index contributed by atoms with van der Waals surface area (Å²) in [5.74, 6) is -0.0623. The first kappa shape index (κ1) is 19.8. The van der Waals surface area contributed by atoms with Gasteiger partial charge in [-0.2, -0.15) is 15.0 Å². The second-order valence-corrected chi connectivity index (χ2v) is 8.23. The van der Waals surface area contributed by atoms with Crippen LogP contribution in [-0.2, 0) is 10.2 Å². The number of hydrogen-bond donors (Lipinski definition) is 1. The number of aromatic nitrogens is 2. The summed E-state index contributed by atoms with van der Waals surface area (Å²) < 4.78 is 7.72. The average Bonchev–Trinajstić information content (AvgIpc) is 3.36. The molecule has 34 heavy (non-hydrogen) atoms. The molecule has 0 aliphatic carbocycles. The van der Waals surface area contributed by atoms with Gasteiger partial charge in [0.25, 0.3) is 0 Å². The van der Waals surface area contributed by atoms with Crippen LogP contribution in [0.4, 0.5) is 5.69 Å². The van der Waals surface area contributed by atoms with Crippen LogP contribution in [0.1, 0.15) is 11.1 Å². The average molecular weight is 445 g/mol. The van der Waals surface area contributed by atoms with Crippen LogP contribution in [0, 0.1) is 11.3 Å². The van der Waals surface area contributed by atoms with E-state index in [1.54, 1.807) is 16.6 Å². The molecule has 0 saturated heterocycles. The van der Waals surface area contributed by atoms with Crippen LogP contribution in [-0.4, -0.2) is 22.7 Å². The zero-order chi connectivity index (χ0) is 23.4. The summed E-state index contributed by atoms with van der Waals surface area (Å²) in [6.07, 6.45) is 0. The minimum atomic E-state index is -1.48. The van der Waals surface area contributed by atoms with Gasteiger partial charge in [-0.25, -0.2) is 0 Å². The van der Waals surface area contributed by atoms with Crippen molar-refractivity contribution >= 4 is 11.6 Å². The molecule has 7 nitrogen and oxygen atoms in total. The normalized spacial score (nSPS) is 18.5. The monoisotopic (exact) mass is 445 g/mol. The van der Waals surface area contributed by atoms with Gasteiger partial charge in [0.1, 0.15) is 22.8 Å². The van der Waals surface area contributed by atoms with Gasteiger partial charge in [-0.15, -0.1) is 0 Å². The Hall–Kier alpha value is -4.83. The lowest BCUT2D eigenvalue weighted by Gasteiger charge is -2.33. The summed E-state index contributed by atoms with van der Waals surface area (Å²) >= 11 is 0. The third-order valence-corrected chi connectivity index (χ3v) is 6.50. The summed E-state index contributed by atoms with van der Waals surface area (Å²) in [5, 5.41) is 15.2. The minimum Gasteiger partial charge on any atom is -0.422 e. The van der Waals surface area contributed by atoms with Crippen LogP contribution < -0.4 is 15.4 Å². The van der Waals surface area contributed by atoms with Gasteiger partial charge >= 0.3 is 0 Å². The van der Waals surface area contributed by atoms with Crippen LogP contribution in [0.5, 0.6) is 5.88 Å². The van der Waals surface area contributed by atoms with Crippen molar-refractivity contribution < 1.29 is 9.53 Å². The van der Waals surface area contributed by atoms with E-state index in [2.05, 4.69) is 6.07 Å². The molecule has 1 aromatic heterocycles. The van der Waals surface area contributed by atoms with Crippen molar-refractivity contribution in [1.29, 1.82) is 5.26 Å². The van der Waals surface area contributed by atoms with Crippen molar-refractivity contribution in [1.82, 2.24) is 9.78 Å². The summed E-state index contributed by atoms with van der Waals surface area (Å²) in [5.41, 5.74) is 8.93. The predicted octanol–water partition coefficient (Wildman–Crippen LogP) is 3.89. The van der Waals surface area contributed by atoms with E-state index < -0.39 is 5.41 Å². The highest BCUT2D eigenvalue weighted by molar-refractivity contribution is 6.14. The molecule has 7 heteroatoms. The van der Waals surface area contributed by atoms with Crippen molar-refractivity contribution in [2.45, 2.75) is 5.41 Å². The minimum absolute atomic E-state index is 0.0617. The van der Waals surface area contributed by atoms with Gasteiger partial charge in [0.2, 0.25) is 17.7 Å². The van der Waals surface area contributed by atoms with Gasteiger partial charge in [-0.05, 0) is 18.2 Å². The molecule has 1 spiro atoms. The fraction of sp³-hybridized carbons (Fsp3) is 0.0741. The zero-order valence-corrected chi connectivity index (χ0v) is 18.3. The van der Waals surface area contributed by atoms with Crippen molar-refractivity contribution in [2.24, 2.45) is 5.73 Å². The molecule has 2 N–H and O–H groups in total. The highest BCUT2D eigenvalue weighted by atomic mass is 16.5. The Morgan fingerprint density at radius 1 is 0.971 bits per heavy atom. The lowest BCUT2D eigenvalue weighted by molar-refractivity contribution is -0.120. The van der Waals surface area contributed by atoms with E-state index in [1.807, 2.05) is 84.9 Å². The van der Waals surface area contributed by atoms with Crippen LogP contribution >= 0.6 is 0 Å². The standard InChI is InChI=1S/C27H19N5O2/c1-31-21-15-9-8-14-19(21)27(26(31)33)20(16-28)24(29)34-25-22(27)23(17-10-4-2-5-11-17)30-32(25)18-12-6-3-7-13-18/h2-15H,29H2,1H3. The molecule has 0 saturated carbocycles. The van der Waals surface area contributed by atoms with Gasteiger partial charge < -0.3 is 15.4 Å². The highest BCUT2D eigenvalue weighted by Crippen LogP contribution is 2.57. The number of hydrogen-bond acceptors (Lipinski definition) is 5. The molecule has 3 heterocycles. The van der Waals surface area contributed by atoms with E-state index in [0.29, 0.717) is 28.4 Å². The largest absolute Gasteiger partial charge is 0.422 e. The lowest BCUT2D eigenvalue weighted by Crippen LogP contribution is -2.45. The SMILES string of the molecule is CN1C(=O)C2(C(C#N)=C(N)Oc3c2c(-c2ccccc2)nn3-c2ccccc2)c2ccccc21. The molecule has 4 aromatic rings. The first-order chi connectivity index (χ1) is 16.6. The molecular formula is C27H19N5O2. The third-order valence-electron chi connectivity index (χ3n) is 6.50. The predicted molar refractivity (Wildman–Crippen MR) is 127 cm³/mol. The molecule has 1 atom stereocenters. The summed E-state index contributed by atoms with van der Waals surface area (Å²) in [6.45, 7) is 0. The molecular weight excluding hydrogens is 426 g/mol. The topological polar surface area (TPSA) is 97.2 Å². The Balaban J connectivity index is 1.80. The van der Waals surface area contributed by atoms with Gasteiger partial charge in [0.15, 0.2) is 0 Å². The van der Waals surface area contributed by atoms with Crippen LogP contribution in [0.2, 0.25) is 0 Å². The lowest BCUT2D eigenvalue weighted by atomic mass is 9.68. The first-order valence-corrected chi connectivity index (χ1v) is 10.8. The number of anilines is 1. The van der Waals surface area contributed by atoms with Crippen LogP contribution in [0.3, 0.4) is 0 Å². The Bertz CT molecular complexity index is 1530. The number of ether oxygens (including phenoxy) is 1. The number of para-hydroxylation sites is 2. The number of carbonyl (C=O) groups is 1. The van der Waals surface area contributed by atoms with E-state index in [-0.39, 0.29) is 17.4 Å². The molecule has 0 radical (unpaired) electrons. The number of nitrogens with zero attached hydrogens (tertiary/aromatic N) is 4. The maximum atomic E-state index is 14.1. The van der Waals surface area contributed by atoms with Gasteiger partial charge in [-0.3, -0.25) is 4.79 Å². The molecule has 6 rings (SSSR count). The number of nitriles is 1. The molecule has 1 amide bonds. The molecule has 2 aliphatic rings. The quantitative estimate of drug-likeness (QED) is 0.505. The molecule has 0 fully saturated rings. The number of carbonyl (C=O) groups excluding carboxylic acids is 1. The second-order valence-electron chi connectivity index (χ2n) is 8.23. The van der Waals surface area contributed by atoms with Crippen molar-refractivity contribution in [3.05, 3.63) is 108 Å². The molecule has 1 unspecified atom stereocenters. The number of likely N-dealkylation sites (N-methyl/N-ethyl adjacent to an activating group) is 1. The summed E-state index contributed by atoms with van der Waals surface area (Å²) in [6, 6.07) is 28.7. The number of benzene rings is 3. The number of rotatable bonds is 2. The van der Waals surface area contributed by atoms with Gasteiger partial charge in [-0.1, -0.05) is 66.7 Å². The number of fused-ring (bicyclic) bond motifs is 4. The smallest absolute Gasteiger partial charge is 0.247 e. The van der Waals surface area contributed by atoms with E-state index in [9.17, 15) is 10.1 Å². The van der Waals surface area contributed by atoms with Gasteiger partial charge in [0, 0.05) is 23.9 Å². The zero-order valence-electron chi connectivity index (χ0n) is 18.3. The third kappa shape index (κ3) is 2.39. The Kier molecular flexibility index (Phi) is 4.13. The number of amides is 1. The molecule has 164 valence electrons. The van der Waals surface area contributed by atoms with Crippen molar-refractivity contribution in [3.63, 3.8) is 0 Å². The second kappa shape index (κ2) is 7.09. The summed E-state index contributed by atoms with van der Waals surface area (Å²) in [7, 11) is 1.71. The van der Waals surface area contributed by atoms with E-state index in [1.165, 1.54) is 0 Å². The maximum Gasteiger partial charge on any atom is 0.247 e. The van der Waals surface area contributed by atoms with Crippen LogP contribution in [0.15, 0.2) is 96.4 Å².